The van der Waals surface area contributed by atoms with Gasteiger partial charge >= 0.3 is 0 Å². The Morgan fingerprint density at radius 2 is 1.88 bits per heavy atom. The van der Waals surface area contributed by atoms with E-state index in [9.17, 15) is 14.7 Å². The van der Waals surface area contributed by atoms with Crippen molar-refractivity contribution in [2.24, 2.45) is 0 Å². The third kappa shape index (κ3) is 4.42. The van der Waals surface area contributed by atoms with Gasteiger partial charge in [0, 0.05) is 16.5 Å². The van der Waals surface area contributed by atoms with Crippen LogP contribution in [0.15, 0.2) is 47.4 Å². The molecule has 0 saturated heterocycles. The Labute approximate surface area is 143 Å². The SMILES string of the molecule is COc1ccc(OC)c(NC(=O)CSc2ccccc2C(=O)[O-])c1. The van der Waals surface area contributed by atoms with E-state index in [-0.39, 0.29) is 17.2 Å². The molecule has 0 aliphatic heterocycles. The highest BCUT2D eigenvalue weighted by Gasteiger charge is 2.11. The first kappa shape index (κ1) is 17.7. The molecule has 126 valence electrons. The third-order valence-corrected chi connectivity index (χ3v) is 4.22. The Morgan fingerprint density at radius 1 is 1.12 bits per heavy atom. The number of methoxy groups -OCH3 is 2. The summed E-state index contributed by atoms with van der Waals surface area (Å²) in [6.45, 7) is 0. The number of nitrogens with one attached hydrogen (secondary N) is 1. The van der Waals surface area contributed by atoms with Crippen LogP contribution in [0.5, 0.6) is 11.5 Å². The third-order valence-electron chi connectivity index (χ3n) is 3.15. The second-order valence-electron chi connectivity index (χ2n) is 4.69. The van der Waals surface area contributed by atoms with Crippen LogP contribution in [0, 0.1) is 0 Å². The number of anilines is 1. The normalized spacial score (nSPS) is 10.1. The number of benzene rings is 2. The second-order valence-corrected chi connectivity index (χ2v) is 5.70. The van der Waals surface area contributed by atoms with Crippen molar-refractivity contribution in [1.82, 2.24) is 0 Å². The summed E-state index contributed by atoms with van der Waals surface area (Å²) in [5, 5.41) is 13.8. The van der Waals surface area contributed by atoms with Crippen molar-refractivity contribution in [3.8, 4) is 11.5 Å². The van der Waals surface area contributed by atoms with Crippen molar-refractivity contribution in [3.63, 3.8) is 0 Å². The van der Waals surface area contributed by atoms with Crippen LogP contribution < -0.4 is 19.9 Å². The highest BCUT2D eigenvalue weighted by atomic mass is 32.2. The molecule has 0 aliphatic carbocycles. The Hall–Kier alpha value is -2.67. The zero-order valence-electron chi connectivity index (χ0n) is 13.2. The Bertz CT molecular complexity index is 748. The van der Waals surface area contributed by atoms with E-state index in [0.717, 1.165) is 11.8 Å². The first-order chi connectivity index (χ1) is 11.5. The van der Waals surface area contributed by atoms with E-state index in [1.54, 1.807) is 36.4 Å². The fraction of sp³-hybridized carbons (Fsp3) is 0.176. The lowest BCUT2D eigenvalue weighted by Gasteiger charge is -2.12. The van der Waals surface area contributed by atoms with Crippen LogP contribution in [0.1, 0.15) is 10.4 Å². The van der Waals surface area contributed by atoms with Crippen LogP contribution in [-0.4, -0.2) is 31.8 Å². The van der Waals surface area contributed by atoms with Crippen molar-refractivity contribution in [2.45, 2.75) is 4.90 Å². The molecule has 6 nitrogen and oxygen atoms in total. The number of aromatic carboxylic acids is 1. The first-order valence-electron chi connectivity index (χ1n) is 7.00. The molecule has 0 aliphatic rings. The Morgan fingerprint density at radius 3 is 2.54 bits per heavy atom. The summed E-state index contributed by atoms with van der Waals surface area (Å²) < 4.78 is 10.3. The molecule has 0 unspecified atom stereocenters. The molecule has 0 radical (unpaired) electrons. The predicted molar refractivity (Wildman–Crippen MR) is 89.7 cm³/mol. The summed E-state index contributed by atoms with van der Waals surface area (Å²) >= 11 is 1.12. The largest absolute Gasteiger partial charge is 0.545 e. The number of amides is 1. The van der Waals surface area contributed by atoms with Crippen LogP contribution in [0.4, 0.5) is 5.69 Å². The number of thioether (sulfide) groups is 1. The average Bonchev–Trinajstić information content (AvgIpc) is 2.60. The van der Waals surface area contributed by atoms with E-state index in [1.807, 2.05) is 0 Å². The predicted octanol–water partition coefficient (Wildman–Crippen LogP) is 1.80. The van der Waals surface area contributed by atoms with Gasteiger partial charge < -0.3 is 24.7 Å². The van der Waals surface area contributed by atoms with Gasteiger partial charge in [0.15, 0.2) is 0 Å². The van der Waals surface area contributed by atoms with Gasteiger partial charge in [-0.3, -0.25) is 4.79 Å². The van der Waals surface area contributed by atoms with E-state index in [1.165, 1.54) is 20.3 Å². The van der Waals surface area contributed by atoms with Gasteiger partial charge in [0.05, 0.1) is 31.6 Å². The first-order valence-corrected chi connectivity index (χ1v) is 7.98. The van der Waals surface area contributed by atoms with Gasteiger partial charge in [-0.05, 0) is 18.2 Å². The van der Waals surface area contributed by atoms with E-state index in [2.05, 4.69) is 5.32 Å². The number of ether oxygens (including phenoxy) is 2. The standard InChI is InChI=1S/C17H17NO5S/c1-22-11-7-8-14(23-2)13(9-11)18-16(19)10-24-15-6-4-3-5-12(15)17(20)21/h3-9H,10H2,1-2H3,(H,18,19)(H,20,21)/p-1. The lowest BCUT2D eigenvalue weighted by Crippen LogP contribution is -2.23. The summed E-state index contributed by atoms with van der Waals surface area (Å²) in [6.07, 6.45) is 0. The van der Waals surface area contributed by atoms with Crippen molar-refractivity contribution < 1.29 is 24.2 Å². The molecule has 2 aromatic rings. The minimum absolute atomic E-state index is 0.0463. The molecule has 0 spiro atoms. The van der Waals surface area contributed by atoms with Gasteiger partial charge in [-0.15, -0.1) is 11.8 Å². The highest BCUT2D eigenvalue weighted by Crippen LogP contribution is 2.29. The maximum absolute atomic E-state index is 12.1. The van der Waals surface area contributed by atoms with E-state index < -0.39 is 5.97 Å². The van der Waals surface area contributed by atoms with Crippen molar-refractivity contribution in [1.29, 1.82) is 0 Å². The summed E-state index contributed by atoms with van der Waals surface area (Å²) in [4.78, 5) is 23.7. The highest BCUT2D eigenvalue weighted by molar-refractivity contribution is 8.00. The molecule has 1 amide bonds. The fourth-order valence-electron chi connectivity index (χ4n) is 2.00. The van der Waals surface area contributed by atoms with Gasteiger partial charge in [0.2, 0.25) is 5.91 Å². The summed E-state index contributed by atoms with van der Waals surface area (Å²) in [6, 6.07) is 11.5. The molecule has 1 N–H and O–H groups in total. The number of hydrogen-bond donors (Lipinski definition) is 1. The van der Waals surface area contributed by atoms with Crippen LogP contribution in [0.3, 0.4) is 0 Å². The molecular formula is C17H16NO5S-. The van der Waals surface area contributed by atoms with E-state index in [0.29, 0.717) is 22.1 Å². The van der Waals surface area contributed by atoms with Crippen molar-refractivity contribution in [2.75, 3.05) is 25.3 Å². The van der Waals surface area contributed by atoms with Gasteiger partial charge in [-0.2, -0.15) is 0 Å². The zero-order chi connectivity index (χ0) is 17.5. The van der Waals surface area contributed by atoms with Crippen LogP contribution in [0.2, 0.25) is 0 Å². The van der Waals surface area contributed by atoms with Crippen LogP contribution >= 0.6 is 11.8 Å². The number of carboxylic acids is 1. The minimum Gasteiger partial charge on any atom is -0.545 e. The molecule has 0 aromatic heterocycles. The summed E-state index contributed by atoms with van der Waals surface area (Å²) in [5.74, 6) is -0.428. The van der Waals surface area contributed by atoms with Crippen molar-refractivity contribution in [3.05, 3.63) is 48.0 Å². The quantitative estimate of drug-likeness (QED) is 0.769. The maximum atomic E-state index is 12.1. The molecule has 7 heteroatoms. The second kappa shape index (κ2) is 8.26. The smallest absolute Gasteiger partial charge is 0.234 e. The van der Waals surface area contributed by atoms with Gasteiger partial charge in [0.1, 0.15) is 11.5 Å². The van der Waals surface area contributed by atoms with Crippen LogP contribution in [-0.2, 0) is 4.79 Å². The number of hydrogen-bond acceptors (Lipinski definition) is 6. The molecule has 0 atom stereocenters. The van der Waals surface area contributed by atoms with Crippen LogP contribution in [0.25, 0.3) is 0 Å². The zero-order valence-corrected chi connectivity index (χ0v) is 14.0. The molecule has 24 heavy (non-hydrogen) atoms. The molecule has 2 aromatic carbocycles. The molecular weight excluding hydrogens is 330 g/mol. The van der Waals surface area contributed by atoms with E-state index >= 15 is 0 Å². The molecule has 0 saturated carbocycles. The number of carbonyl (C=O) groups excluding carboxylic acids is 2. The topological polar surface area (TPSA) is 87.7 Å². The van der Waals surface area contributed by atoms with Crippen molar-refractivity contribution >= 4 is 29.3 Å². The average molecular weight is 346 g/mol. The minimum atomic E-state index is -1.27. The summed E-state index contributed by atoms with van der Waals surface area (Å²) in [5.41, 5.74) is 0.546. The number of rotatable bonds is 7. The van der Waals surface area contributed by atoms with Gasteiger partial charge in [-0.1, -0.05) is 18.2 Å². The number of carboxylic acid groups (broad SMARTS) is 1. The Balaban J connectivity index is 2.06. The molecule has 2 rings (SSSR count). The molecule has 0 bridgehead atoms. The van der Waals surface area contributed by atoms with Gasteiger partial charge in [0.25, 0.3) is 0 Å². The lowest BCUT2D eigenvalue weighted by atomic mass is 10.2. The van der Waals surface area contributed by atoms with Gasteiger partial charge in [-0.25, -0.2) is 0 Å². The maximum Gasteiger partial charge on any atom is 0.234 e. The Kier molecular flexibility index (Phi) is 6.08. The molecule has 0 fully saturated rings. The fourth-order valence-corrected chi connectivity index (χ4v) is 2.84. The lowest BCUT2D eigenvalue weighted by molar-refractivity contribution is -0.255. The van der Waals surface area contributed by atoms with E-state index in [4.69, 9.17) is 9.47 Å². The molecule has 0 heterocycles. The summed E-state index contributed by atoms with van der Waals surface area (Å²) in [7, 11) is 3.03. The monoisotopic (exact) mass is 346 g/mol. The number of carbonyl (C=O) groups is 2.